The molecular formula is C17H25NO2. The number of rotatable bonds is 5. The fourth-order valence-corrected chi connectivity index (χ4v) is 2.84. The second-order valence-electron chi connectivity index (χ2n) is 6.38. The van der Waals surface area contributed by atoms with Crippen molar-refractivity contribution in [3.63, 3.8) is 0 Å². The molecule has 1 aliphatic carbocycles. The minimum Gasteiger partial charge on any atom is -0.386 e. The van der Waals surface area contributed by atoms with Gasteiger partial charge in [-0.05, 0) is 43.9 Å². The SMILES string of the molecule is CC(C)(O)c1cccc(NC(=O)CCC2CCCC2)c1. The van der Waals surface area contributed by atoms with Gasteiger partial charge in [-0.25, -0.2) is 0 Å². The van der Waals surface area contributed by atoms with E-state index in [1.807, 2.05) is 24.3 Å². The second kappa shape index (κ2) is 6.40. The van der Waals surface area contributed by atoms with Crippen LogP contribution in [0, 0.1) is 5.92 Å². The van der Waals surface area contributed by atoms with Crippen LogP contribution in [0.4, 0.5) is 5.69 Å². The molecule has 0 spiro atoms. The smallest absolute Gasteiger partial charge is 0.224 e. The minimum absolute atomic E-state index is 0.0739. The fourth-order valence-electron chi connectivity index (χ4n) is 2.84. The zero-order chi connectivity index (χ0) is 14.6. The molecule has 0 bridgehead atoms. The van der Waals surface area contributed by atoms with Crippen LogP contribution in [-0.2, 0) is 10.4 Å². The Balaban J connectivity index is 1.87. The molecule has 0 aliphatic heterocycles. The van der Waals surface area contributed by atoms with Crippen LogP contribution in [0.2, 0.25) is 0 Å². The number of nitrogens with one attached hydrogen (secondary N) is 1. The third-order valence-corrected chi connectivity index (χ3v) is 4.11. The molecule has 20 heavy (non-hydrogen) atoms. The molecule has 3 nitrogen and oxygen atoms in total. The van der Waals surface area contributed by atoms with Crippen molar-refractivity contribution in [3.05, 3.63) is 29.8 Å². The van der Waals surface area contributed by atoms with Crippen LogP contribution in [0.1, 0.15) is 57.9 Å². The molecule has 110 valence electrons. The van der Waals surface area contributed by atoms with Crippen molar-refractivity contribution in [2.75, 3.05) is 5.32 Å². The van der Waals surface area contributed by atoms with Crippen LogP contribution in [-0.4, -0.2) is 11.0 Å². The van der Waals surface area contributed by atoms with Crippen molar-refractivity contribution in [1.29, 1.82) is 0 Å². The van der Waals surface area contributed by atoms with E-state index in [0.717, 1.165) is 23.6 Å². The van der Waals surface area contributed by atoms with E-state index < -0.39 is 5.60 Å². The van der Waals surface area contributed by atoms with Crippen molar-refractivity contribution in [2.24, 2.45) is 5.92 Å². The number of carbonyl (C=O) groups is 1. The summed E-state index contributed by atoms with van der Waals surface area (Å²) >= 11 is 0. The van der Waals surface area contributed by atoms with E-state index in [4.69, 9.17) is 0 Å². The first-order valence-corrected chi connectivity index (χ1v) is 7.58. The van der Waals surface area contributed by atoms with Gasteiger partial charge in [-0.2, -0.15) is 0 Å². The molecule has 0 radical (unpaired) electrons. The predicted molar refractivity (Wildman–Crippen MR) is 81.5 cm³/mol. The summed E-state index contributed by atoms with van der Waals surface area (Å²) in [6.07, 6.45) is 6.79. The first-order valence-electron chi connectivity index (χ1n) is 7.58. The Morgan fingerprint density at radius 3 is 2.70 bits per heavy atom. The standard InChI is InChI=1S/C17H25NO2/c1-17(2,20)14-8-5-9-15(12-14)18-16(19)11-10-13-6-3-4-7-13/h5,8-9,12-13,20H,3-4,6-7,10-11H2,1-2H3,(H,18,19). The highest BCUT2D eigenvalue weighted by Gasteiger charge is 2.18. The summed E-state index contributed by atoms with van der Waals surface area (Å²) in [5.41, 5.74) is 0.692. The Hall–Kier alpha value is -1.35. The molecule has 1 aromatic carbocycles. The van der Waals surface area contributed by atoms with Gasteiger partial charge in [0.05, 0.1) is 5.60 Å². The topological polar surface area (TPSA) is 49.3 Å². The summed E-state index contributed by atoms with van der Waals surface area (Å²) in [6.45, 7) is 3.49. The van der Waals surface area contributed by atoms with Crippen LogP contribution in [0.15, 0.2) is 24.3 Å². The molecule has 0 heterocycles. The number of amides is 1. The third-order valence-electron chi connectivity index (χ3n) is 4.11. The maximum absolute atomic E-state index is 12.0. The van der Waals surface area contributed by atoms with Crippen molar-refractivity contribution < 1.29 is 9.90 Å². The number of aliphatic hydroxyl groups is 1. The van der Waals surface area contributed by atoms with Crippen LogP contribution in [0.25, 0.3) is 0 Å². The maximum Gasteiger partial charge on any atom is 0.224 e. The number of hydrogen-bond donors (Lipinski definition) is 2. The number of carbonyl (C=O) groups excluding carboxylic acids is 1. The summed E-state index contributed by atoms with van der Waals surface area (Å²) in [4.78, 5) is 12.0. The number of benzene rings is 1. The van der Waals surface area contributed by atoms with Crippen molar-refractivity contribution >= 4 is 11.6 Å². The molecule has 0 aromatic heterocycles. The van der Waals surface area contributed by atoms with Gasteiger partial charge in [-0.1, -0.05) is 37.8 Å². The van der Waals surface area contributed by atoms with Crippen LogP contribution in [0.5, 0.6) is 0 Å². The van der Waals surface area contributed by atoms with Crippen molar-refractivity contribution in [3.8, 4) is 0 Å². The number of hydrogen-bond acceptors (Lipinski definition) is 2. The second-order valence-corrected chi connectivity index (χ2v) is 6.38. The highest BCUT2D eigenvalue weighted by atomic mass is 16.3. The van der Waals surface area contributed by atoms with Crippen LogP contribution in [0.3, 0.4) is 0 Å². The quantitative estimate of drug-likeness (QED) is 0.858. The van der Waals surface area contributed by atoms with Gasteiger partial charge in [0, 0.05) is 12.1 Å². The van der Waals surface area contributed by atoms with Gasteiger partial charge in [0.25, 0.3) is 0 Å². The molecule has 1 aliphatic rings. The van der Waals surface area contributed by atoms with Crippen molar-refractivity contribution in [1.82, 2.24) is 0 Å². The minimum atomic E-state index is -0.884. The predicted octanol–water partition coefficient (Wildman–Crippen LogP) is 3.82. The Labute approximate surface area is 121 Å². The fraction of sp³-hybridized carbons (Fsp3) is 0.588. The largest absolute Gasteiger partial charge is 0.386 e. The summed E-state index contributed by atoms with van der Waals surface area (Å²) < 4.78 is 0. The lowest BCUT2D eigenvalue weighted by atomic mass is 9.98. The molecule has 1 amide bonds. The highest BCUT2D eigenvalue weighted by molar-refractivity contribution is 5.90. The van der Waals surface area contributed by atoms with E-state index in [1.165, 1.54) is 25.7 Å². The maximum atomic E-state index is 12.0. The lowest BCUT2D eigenvalue weighted by molar-refractivity contribution is -0.116. The third kappa shape index (κ3) is 4.34. The zero-order valence-electron chi connectivity index (χ0n) is 12.5. The summed E-state index contributed by atoms with van der Waals surface area (Å²) in [5, 5.41) is 12.9. The van der Waals surface area contributed by atoms with Crippen LogP contribution >= 0.6 is 0 Å². The Morgan fingerprint density at radius 1 is 1.35 bits per heavy atom. The first kappa shape index (κ1) is 15.0. The average molecular weight is 275 g/mol. The first-order chi connectivity index (χ1) is 9.45. The van der Waals surface area contributed by atoms with Gasteiger partial charge in [-0.3, -0.25) is 4.79 Å². The lowest BCUT2D eigenvalue weighted by Crippen LogP contribution is -2.17. The van der Waals surface area contributed by atoms with Gasteiger partial charge in [-0.15, -0.1) is 0 Å². The van der Waals surface area contributed by atoms with E-state index in [1.54, 1.807) is 13.8 Å². The molecular weight excluding hydrogens is 250 g/mol. The van der Waals surface area contributed by atoms with Gasteiger partial charge in [0.1, 0.15) is 0 Å². The van der Waals surface area contributed by atoms with E-state index >= 15 is 0 Å². The van der Waals surface area contributed by atoms with E-state index in [0.29, 0.717) is 6.42 Å². The molecule has 1 aromatic rings. The van der Waals surface area contributed by atoms with Gasteiger partial charge >= 0.3 is 0 Å². The molecule has 2 rings (SSSR count). The van der Waals surface area contributed by atoms with Crippen molar-refractivity contribution in [2.45, 2.75) is 58.0 Å². The summed E-state index contributed by atoms with van der Waals surface area (Å²) in [7, 11) is 0. The zero-order valence-corrected chi connectivity index (χ0v) is 12.5. The molecule has 0 saturated heterocycles. The van der Waals surface area contributed by atoms with Gasteiger partial charge < -0.3 is 10.4 Å². The summed E-state index contributed by atoms with van der Waals surface area (Å²) in [5.74, 6) is 0.813. The van der Waals surface area contributed by atoms with Gasteiger partial charge in [0.15, 0.2) is 0 Å². The average Bonchev–Trinajstić information content (AvgIpc) is 2.89. The lowest BCUT2D eigenvalue weighted by Gasteiger charge is -2.18. The molecule has 1 saturated carbocycles. The van der Waals surface area contributed by atoms with Gasteiger partial charge in [0.2, 0.25) is 5.91 Å². The monoisotopic (exact) mass is 275 g/mol. The van der Waals surface area contributed by atoms with Crippen LogP contribution < -0.4 is 5.32 Å². The molecule has 1 fully saturated rings. The van der Waals surface area contributed by atoms with E-state index in [2.05, 4.69) is 5.32 Å². The van der Waals surface area contributed by atoms with E-state index in [9.17, 15) is 9.90 Å². The highest BCUT2D eigenvalue weighted by Crippen LogP contribution is 2.28. The molecule has 0 atom stereocenters. The summed E-state index contributed by atoms with van der Waals surface area (Å²) in [6, 6.07) is 7.43. The Kier molecular flexibility index (Phi) is 4.81. The van der Waals surface area contributed by atoms with E-state index in [-0.39, 0.29) is 5.91 Å². The Bertz CT molecular complexity index is 456. The normalized spacial score (nSPS) is 16.4. The number of anilines is 1. The molecule has 0 unspecified atom stereocenters. The molecule has 3 heteroatoms. The Morgan fingerprint density at radius 2 is 2.05 bits per heavy atom. The molecule has 2 N–H and O–H groups in total.